The first-order valence-electron chi connectivity index (χ1n) is 11.8. The lowest BCUT2D eigenvalue weighted by molar-refractivity contribution is -0.139. The molecule has 1 atom stereocenters. The second-order valence-electron chi connectivity index (χ2n) is 9.19. The lowest BCUT2D eigenvalue weighted by Crippen LogP contribution is -2.35. The van der Waals surface area contributed by atoms with E-state index in [1.165, 1.54) is 32.4 Å². The molecule has 1 saturated heterocycles. The molecule has 0 spiro atoms. The third kappa shape index (κ3) is 6.05. The van der Waals surface area contributed by atoms with E-state index in [0.29, 0.717) is 30.6 Å². The first-order valence-corrected chi connectivity index (χ1v) is 13.3. The highest BCUT2D eigenvalue weighted by Crippen LogP contribution is 2.42. The van der Waals surface area contributed by atoms with Crippen LogP contribution >= 0.6 is 0 Å². The van der Waals surface area contributed by atoms with Gasteiger partial charge in [-0.1, -0.05) is 12.1 Å². The van der Waals surface area contributed by atoms with Crippen LogP contribution in [0.2, 0.25) is 0 Å². The second-order valence-corrected chi connectivity index (χ2v) is 10.8. The Labute approximate surface area is 224 Å². The van der Waals surface area contributed by atoms with Crippen LogP contribution in [0.1, 0.15) is 24.5 Å². The van der Waals surface area contributed by atoms with E-state index in [1.54, 1.807) is 25.1 Å². The van der Waals surface area contributed by atoms with E-state index in [1.807, 2.05) is 6.07 Å². The summed E-state index contributed by atoms with van der Waals surface area (Å²) in [6, 6.07) is 13.9. The van der Waals surface area contributed by atoms with Crippen molar-refractivity contribution in [3.05, 3.63) is 65.7 Å². The minimum Gasteiger partial charge on any atom is -0.493 e. The van der Waals surface area contributed by atoms with Crippen molar-refractivity contribution < 1.29 is 35.8 Å². The van der Waals surface area contributed by atoms with Crippen molar-refractivity contribution in [1.29, 1.82) is 5.26 Å². The fourth-order valence-electron chi connectivity index (χ4n) is 4.33. The first-order chi connectivity index (χ1) is 18.4. The maximum atomic E-state index is 13.8. The van der Waals surface area contributed by atoms with Gasteiger partial charge in [0.05, 0.1) is 42.0 Å². The number of alkyl halides is 3. The Hall–Kier alpha value is -3.95. The number of nitrogens with zero attached hydrogens (tertiary/aromatic N) is 1. The van der Waals surface area contributed by atoms with E-state index >= 15 is 0 Å². The zero-order chi connectivity index (χ0) is 28.4. The van der Waals surface area contributed by atoms with Crippen molar-refractivity contribution in [1.82, 2.24) is 5.32 Å². The number of rotatable bonds is 8. The largest absolute Gasteiger partial charge is 0.493 e. The maximum absolute atomic E-state index is 13.8. The van der Waals surface area contributed by atoms with Crippen LogP contribution in [-0.2, 0) is 16.2 Å². The van der Waals surface area contributed by atoms with E-state index in [4.69, 9.17) is 14.2 Å². The predicted octanol–water partition coefficient (Wildman–Crippen LogP) is 5.19. The molecule has 2 N–H and O–H groups in total. The minimum atomic E-state index is -4.71. The van der Waals surface area contributed by atoms with Gasteiger partial charge in [0.1, 0.15) is 11.4 Å². The minimum absolute atomic E-state index is 0.121. The van der Waals surface area contributed by atoms with Crippen LogP contribution in [0.3, 0.4) is 0 Å². The number of hydrogen-bond acceptors (Lipinski definition) is 7. The standard InChI is InChI=1S/C27H26F3N3O5S/c1-26(9-10-32-16-26)38-22-12-19(7-8-21(22)27(28,29)30)33-39(34,35)25-14-24(37-3)23(36-2)13-20(25)18-6-4-5-17(11-18)15-31/h4-8,11-14,32-33H,9-10,16H2,1-3H3/t26-/m1/s1. The number of sulfonamides is 1. The first kappa shape index (κ1) is 28.1. The highest BCUT2D eigenvalue weighted by Gasteiger charge is 2.38. The lowest BCUT2D eigenvalue weighted by Gasteiger charge is -2.27. The number of benzene rings is 3. The molecule has 0 bridgehead atoms. The van der Waals surface area contributed by atoms with Crippen LogP contribution in [0, 0.1) is 11.3 Å². The average molecular weight is 562 g/mol. The molecule has 0 unspecified atom stereocenters. The summed E-state index contributed by atoms with van der Waals surface area (Å²) in [5.74, 6) is -0.114. The summed E-state index contributed by atoms with van der Waals surface area (Å²) in [6.45, 7) is 2.62. The van der Waals surface area contributed by atoms with Gasteiger partial charge in [0.2, 0.25) is 0 Å². The van der Waals surface area contributed by atoms with Gasteiger partial charge in [-0.05, 0) is 49.4 Å². The van der Waals surface area contributed by atoms with Crippen LogP contribution in [0.15, 0.2) is 59.5 Å². The molecule has 0 aliphatic carbocycles. The Balaban J connectivity index is 1.81. The predicted molar refractivity (Wildman–Crippen MR) is 138 cm³/mol. The Morgan fingerprint density at radius 3 is 2.36 bits per heavy atom. The van der Waals surface area contributed by atoms with Crippen LogP contribution in [-0.4, -0.2) is 41.3 Å². The van der Waals surface area contributed by atoms with Gasteiger partial charge in [-0.3, -0.25) is 4.72 Å². The molecule has 0 aromatic heterocycles. The Kier molecular flexibility index (Phi) is 7.68. The van der Waals surface area contributed by atoms with Crippen LogP contribution in [0.5, 0.6) is 17.2 Å². The number of anilines is 1. The third-order valence-corrected chi connectivity index (χ3v) is 7.72. The van der Waals surface area contributed by atoms with Crippen molar-refractivity contribution >= 4 is 15.7 Å². The molecule has 0 saturated carbocycles. The summed E-state index contributed by atoms with van der Waals surface area (Å²) in [7, 11) is -1.66. The van der Waals surface area contributed by atoms with Crippen molar-refractivity contribution in [3.8, 4) is 34.4 Å². The number of ether oxygens (including phenoxy) is 3. The SMILES string of the molecule is COc1cc(-c2cccc(C#N)c2)c(S(=O)(=O)Nc2ccc(C(F)(F)F)c(O[C@]3(C)CCNC3)c2)cc1OC. The smallest absolute Gasteiger partial charge is 0.419 e. The second kappa shape index (κ2) is 10.7. The van der Waals surface area contributed by atoms with Crippen molar-refractivity contribution in [3.63, 3.8) is 0 Å². The van der Waals surface area contributed by atoms with E-state index in [0.717, 1.165) is 18.2 Å². The van der Waals surface area contributed by atoms with E-state index < -0.39 is 33.1 Å². The average Bonchev–Trinajstić information content (AvgIpc) is 3.32. The van der Waals surface area contributed by atoms with Gasteiger partial charge in [0.25, 0.3) is 10.0 Å². The molecular weight excluding hydrogens is 535 g/mol. The molecule has 12 heteroatoms. The van der Waals surface area contributed by atoms with Crippen LogP contribution in [0.25, 0.3) is 11.1 Å². The van der Waals surface area contributed by atoms with E-state index in [9.17, 15) is 26.9 Å². The van der Waals surface area contributed by atoms with Gasteiger partial charge in [0.15, 0.2) is 11.5 Å². The van der Waals surface area contributed by atoms with Gasteiger partial charge in [-0.15, -0.1) is 0 Å². The number of methoxy groups -OCH3 is 2. The van der Waals surface area contributed by atoms with Gasteiger partial charge < -0.3 is 19.5 Å². The molecule has 1 fully saturated rings. The van der Waals surface area contributed by atoms with Gasteiger partial charge in [-0.25, -0.2) is 8.42 Å². The molecule has 1 heterocycles. The van der Waals surface area contributed by atoms with Crippen molar-refractivity contribution in [2.75, 3.05) is 32.0 Å². The maximum Gasteiger partial charge on any atom is 0.419 e. The molecule has 8 nitrogen and oxygen atoms in total. The third-order valence-electron chi connectivity index (χ3n) is 6.30. The number of nitrogens with one attached hydrogen (secondary N) is 2. The number of halogens is 3. The summed E-state index contributed by atoms with van der Waals surface area (Å²) < 4.78 is 87.4. The molecule has 0 amide bonds. The summed E-state index contributed by atoms with van der Waals surface area (Å²) in [5.41, 5.74) is -1.12. The molecule has 0 radical (unpaired) electrons. The van der Waals surface area contributed by atoms with Crippen LogP contribution < -0.4 is 24.2 Å². The Bertz CT molecular complexity index is 1530. The summed E-state index contributed by atoms with van der Waals surface area (Å²) in [4.78, 5) is -0.232. The lowest BCUT2D eigenvalue weighted by atomic mass is 10.0. The zero-order valence-electron chi connectivity index (χ0n) is 21.3. The monoisotopic (exact) mass is 561 g/mol. The zero-order valence-corrected chi connectivity index (χ0v) is 22.2. The van der Waals surface area contributed by atoms with Crippen LogP contribution in [0.4, 0.5) is 18.9 Å². The van der Waals surface area contributed by atoms with E-state index in [2.05, 4.69) is 10.0 Å². The highest BCUT2D eigenvalue weighted by atomic mass is 32.2. The fourth-order valence-corrected chi connectivity index (χ4v) is 5.60. The fraction of sp³-hybridized carbons (Fsp3) is 0.296. The van der Waals surface area contributed by atoms with Gasteiger partial charge in [0, 0.05) is 30.7 Å². The summed E-state index contributed by atoms with van der Waals surface area (Å²) in [5, 5.41) is 12.4. The summed E-state index contributed by atoms with van der Waals surface area (Å²) in [6.07, 6.45) is -4.23. The number of hydrogen-bond donors (Lipinski definition) is 2. The normalized spacial score (nSPS) is 17.4. The topological polar surface area (TPSA) is 110 Å². The van der Waals surface area contributed by atoms with Crippen molar-refractivity contribution in [2.24, 2.45) is 0 Å². The number of nitriles is 1. The summed E-state index contributed by atoms with van der Waals surface area (Å²) >= 11 is 0. The molecule has 3 aromatic carbocycles. The molecule has 39 heavy (non-hydrogen) atoms. The molecule has 4 rings (SSSR count). The Morgan fingerprint density at radius 1 is 1.03 bits per heavy atom. The quantitative estimate of drug-likeness (QED) is 0.389. The molecule has 206 valence electrons. The van der Waals surface area contributed by atoms with Crippen molar-refractivity contribution in [2.45, 2.75) is 30.0 Å². The molecule has 1 aliphatic heterocycles. The molecule has 1 aliphatic rings. The molecule has 3 aromatic rings. The van der Waals surface area contributed by atoms with E-state index in [-0.39, 0.29) is 27.6 Å². The van der Waals surface area contributed by atoms with Gasteiger partial charge in [-0.2, -0.15) is 18.4 Å². The van der Waals surface area contributed by atoms with Gasteiger partial charge >= 0.3 is 6.18 Å². The highest BCUT2D eigenvalue weighted by molar-refractivity contribution is 7.92. The Morgan fingerprint density at radius 2 is 1.74 bits per heavy atom. The molecular formula is C27H26F3N3O5S.